The van der Waals surface area contributed by atoms with E-state index in [9.17, 15) is 4.79 Å². The van der Waals surface area contributed by atoms with Crippen LogP contribution < -0.4 is 4.74 Å². The van der Waals surface area contributed by atoms with E-state index in [0.717, 1.165) is 11.3 Å². The number of ether oxygens (including phenoxy) is 1. The summed E-state index contributed by atoms with van der Waals surface area (Å²) in [7, 11) is 1.61. The molecule has 2 rings (SSSR count). The zero-order chi connectivity index (χ0) is 13.8. The van der Waals surface area contributed by atoms with E-state index in [1.54, 1.807) is 19.3 Å². The molecular formula is C14H13NO2S2. The standard InChI is InChI=1S/C14H13NO2S2/c1-3-8-15-13(16)12(19-14(15)18)9-10-6-4-5-7-11(10)17-2/h3-7,9H,1,8H2,2H3. The first-order valence-electron chi connectivity index (χ1n) is 5.66. The van der Waals surface area contributed by atoms with Crippen LogP contribution in [0.4, 0.5) is 0 Å². The van der Waals surface area contributed by atoms with E-state index in [-0.39, 0.29) is 5.91 Å². The highest BCUT2D eigenvalue weighted by Crippen LogP contribution is 2.33. The van der Waals surface area contributed by atoms with Crippen LogP contribution >= 0.6 is 24.0 Å². The molecule has 0 spiro atoms. The maximum absolute atomic E-state index is 12.2. The van der Waals surface area contributed by atoms with Crippen LogP contribution in [-0.4, -0.2) is 28.8 Å². The number of para-hydroxylation sites is 1. The minimum absolute atomic E-state index is 0.0826. The lowest BCUT2D eigenvalue weighted by molar-refractivity contribution is -0.121. The van der Waals surface area contributed by atoms with Crippen LogP contribution in [0.25, 0.3) is 6.08 Å². The summed E-state index contributed by atoms with van der Waals surface area (Å²) in [5.41, 5.74) is 0.865. The smallest absolute Gasteiger partial charge is 0.266 e. The monoisotopic (exact) mass is 291 g/mol. The number of thiocarbonyl (C=S) groups is 1. The Bertz CT molecular complexity index is 566. The highest BCUT2D eigenvalue weighted by atomic mass is 32.2. The van der Waals surface area contributed by atoms with Gasteiger partial charge >= 0.3 is 0 Å². The van der Waals surface area contributed by atoms with Gasteiger partial charge in [-0.3, -0.25) is 9.69 Å². The molecule has 1 aromatic rings. The van der Waals surface area contributed by atoms with Crippen LogP contribution in [-0.2, 0) is 4.79 Å². The summed E-state index contributed by atoms with van der Waals surface area (Å²) in [6.07, 6.45) is 3.47. The molecule has 3 nitrogen and oxygen atoms in total. The van der Waals surface area contributed by atoms with Crippen molar-refractivity contribution in [2.24, 2.45) is 0 Å². The fourth-order valence-corrected chi connectivity index (χ4v) is 2.98. The van der Waals surface area contributed by atoms with Gasteiger partial charge in [0.25, 0.3) is 5.91 Å². The number of carbonyl (C=O) groups excluding carboxylic acids is 1. The molecule has 1 aromatic carbocycles. The van der Waals surface area contributed by atoms with Crippen LogP contribution in [0, 0.1) is 0 Å². The minimum Gasteiger partial charge on any atom is -0.496 e. The Balaban J connectivity index is 2.32. The molecule has 0 radical (unpaired) electrons. The van der Waals surface area contributed by atoms with E-state index in [4.69, 9.17) is 17.0 Å². The number of amides is 1. The first-order valence-corrected chi connectivity index (χ1v) is 6.89. The van der Waals surface area contributed by atoms with Crippen LogP contribution in [0.2, 0.25) is 0 Å². The summed E-state index contributed by atoms with van der Waals surface area (Å²) in [6.45, 7) is 4.07. The number of methoxy groups -OCH3 is 1. The average Bonchev–Trinajstić information content (AvgIpc) is 2.67. The lowest BCUT2D eigenvalue weighted by Crippen LogP contribution is -2.27. The number of hydrogen-bond donors (Lipinski definition) is 0. The highest BCUT2D eigenvalue weighted by Gasteiger charge is 2.31. The van der Waals surface area contributed by atoms with Gasteiger partial charge in [0.15, 0.2) is 0 Å². The zero-order valence-electron chi connectivity index (χ0n) is 10.5. The topological polar surface area (TPSA) is 29.5 Å². The van der Waals surface area contributed by atoms with Gasteiger partial charge in [-0.05, 0) is 12.1 Å². The van der Waals surface area contributed by atoms with Crippen LogP contribution in [0.1, 0.15) is 5.56 Å². The summed E-state index contributed by atoms with van der Waals surface area (Å²) < 4.78 is 5.83. The van der Waals surface area contributed by atoms with E-state index < -0.39 is 0 Å². The Morgan fingerprint density at radius 2 is 2.21 bits per heavy atom. The van der Waals surface area contributed by atoms with E-state index in [1.165, 1.54) is 16.7 Å². The predicted octanol–water partition coefficient (Wildman–Crippen LogP) is 3.08. The van der Waals surface area contributed by atoms with Crippen molar-refractivity contribution >= 4 is 40.3 Å². The Kier molecular flexibility index (Phi) is 4.39. The van der Waals surface area contributed by atoms with Crippen molar-refractivity contribution in [3.8, 4) is 5.75 Å². The Labute approximate surface area is 121 Å². The molecule has 98 valence electrons. The fourth-order valence-electron chi connectivity index (χ4n) is 1.71. The van der Waals surface area contributed by atoms with Crippen molar-refractivity contribution in [3.63, 3.8) is 0 Å². The summed E-state index contributed by atoms with van der Waals surface area (Å²) in [6, 6.07) is 7.55. The summed E-state index contributed by atoms with van der Waals surface area (Å²) in [5, 5.41) is 0. The fraction of sp³-hybridized carbons (Fsp3) is 0.143. The van der Waals surface area contributed by atoms with Gasteiger partial charge in [0.05, 0.1) is 12.0 Å². The molecule has 5 heteroatoms. The molecule has 1 saturated heterocycles. The first kappa shape index (κ1) is 13.8. The second-order valence-corrected chi connectivity index (χ2v) is 5.50. The normalized spacial score (nSPS) is 17.1. The molecule has 1 aliphatic rings. The van der Waals surface area contributed by atoms with Gasteiger partial charge in [-0.2, -0.15) is 0 Å². The number of hydrogen-bond acceptors (Lipinski definition) is 4. The van der Waals surface area contributed by atoms with E-state index in [1.807, 2.05) is 24.3 Å². The molecule has 1 heterocycles. The third kappa shape index (κ3) is 2.88. The molecule has 0 saturated carbocycles. The van der Waals surface area contributed by atoms with Crippen LogP contribution in [0.5, 0.6) is 5.75 Å². The minimum atomic E-state index is -0.0826. The van der Waals surface area contributed by atoms with E-state index >= 15 is 0 Å². The molecule has 19 heavy (non-hydrogen) atoms. The van der Waals surface area contributed by atoms with Gasteiger partial charge < -0.3 is 4.74 Å². The zero-order valence-corrected chi connectivity index (χ0v) is 12.1. The van der Waals surface area contributed by atoms with E-state index in [0.29, 0.717) is 15.8 Å². The molecule has 0 bridgehead atoms. The van der Waals surface area contributed by atoms with Gasteiger partial charge in [-0.15, -0.1) is 6.58 Å². The maximum atomic E-state index is 12.2. The third-order valence-corrected chi connectivity index (χ3v) is 3.99. The summed E-state index contributed by atoms with van der Waals surface area (Å²) >= 11 is 6.49. The largest absolute Gasteiger partial charge is 0.496 e. The second-order valence-electron chi connectivity index (χ2n) is 3.82. The Morgan fingerprint density at radius 3 is 2.89 bits per heavy atom. The van der Waals surface area contributed by atoms with Gasteiger partial charge in [0.2, 0.25) is 0 Å². The van der Waals surface area contributed by atoms with Crippen molar-refractivity contribution < 1.29 is 9.53 Å². The highest BCUT2D eigenvalue weighted by molar-refractivity contribution is 8.26. The SMILES string of the molecule is C=CCN1C(=O)C(=Cc2ccccc2OC)SC1=S. The van der Waals surface area contributed by atoms with Crippen molar-refractivity contribution in [3.05, 3.63) is 47.4 Å². The number of thioether (sulfide) groups is 1. The second kappa shape index (κ2) is 6.04. The number of benzene rings is 1. The summed E-state index contributed by atoms with van der Waals surface area (Å²) in [5.74, 6) is 0.650. The Hall–Kier alpha value is -1.59. The lowest BCUT2D eigenvalue weighted by Gasteiger charge is -2.10. The molecular weight excluding hydrogens is 278 g/mol. The molecule has 0 unspecified atom stereocenters. The number of carbonyl (C=O) groups is 1. The molecule has 1 amide bonds. The van der Waals surface area contributed by atoms with Gasteiger partial charge in [-0.25, -0.2) is 0 Å². The quantitative estimate of drug-likeness (QED) is 0.484. The van der Waals surface area contributed by atoms with E-state index in [2.05, 4.69) is 6.58 Å². The van der Waals surface area contributed by atoms with Crippen molar-refractivity contribution in [1.82, 2.24) is 4.90 Å². The first-order chi connectivity index (χ1) is 9.17. The predicted molar refractivity (Wildman–Crippen MR) is 83.1 cm³/mol. The number of rotatable bonds is 4. The Morgan fingerprint density at radius 1 is 1.47 bits per heavy atom. The average molecular weight is 291 g/mol. The molecule has 0 N–H and O–H groups in total. The van der Waals surface area contributed by atoms with Crippen LogP contribution in [0.15, 0.2) is 41.8 Å². The van der Waals surface area contributed by atoms with Gasteiger partial charge in [0, 0.05) is 12.1 Å². The van der Waals surface area contributed by atoms with Crippen molar-refractivity contribution in [1.29, 1.82) is 0 Å². The molecule has 1 aliphatic heterocycles. The molecule has 0 atom stereocenters. The van der Waals surface area contributed by atoms with Gasteiger partial charge in [-0.1, -0.05) is 48.3 Å². The molecule has 0 aromatic heterocycles. The lowest BCUT2D eigenvalue weighted by atomic mass is 10.2. The molecule has 1 fully saturated rings. The summed E-state index contributed by atoms with van der Waals surface area (Å²) in [4.78, 5) is 14.3. The van der Waals surface area contributed by atoms with Crippen molar-refractivity contribution in [2.75, 3.05) is 13.7 Å². The molecule has 0 aliphatic carbocycles. The maximum Gasteiger partial charge on any atom is 0.266 e. The number of nitrogens with zero attached hydrogens (tertiary/aromatic N) is 1. The van der Waals surface area contributed by atoms with Gasteiger partial charge in [0.1, 0.15) is 10.1 Å². The van der Waals surface area contributed by atoms with Crippen LogP contribution in [0.3, 0.4) is 0 Å². The third-order valence-electron chi connectivity index (χ3n) is 2.61. The van der Waals surface area contributed by atoms with Crippen molar-refractivity contribution in [2.45, 2.75) is 0 Å².